The quantitative estimate of drug-likeness (QED) is 0.845. The number of Topliss-reactive ketones (excluding diaryl/α,β-unsaturated/α-hetero) is 1. The van der Waals surface area contributed by atoms with Crippen molar-refractivity contribution in [2.45, 2.75) is 32.8 Å². The normalized spacial score (nSPS) is 19.1. The van der Waals surface area contributed by atoms with Gasteiger partial charge < -0.3 is 14.5 Å². The summed E-state index contributed by atoms with van der Waals surface area (Å²) >= 11 is 0. The number of alkyl carbamates (subject to hydrolysis) is 1. The standard InChI is InChI=1S/C16H24N2O4/c1-16(2,3)22-15(20)17-9-12-6-7-18(10-12)11-13(19)14-5-4-8-21-14/h4-5,8,12H,6-7,9-11H2,1-3H3,(H,17,20). The molecule has 1 fully saturated rings. The maximum atomic E-state index is 12.0. The molecule has 0 saturated carbocycles. The lowest BCUT2D eigenvalue weighted by atomic mass is 10.1. The van der Waals surface area contributed by atoms with Crippen molar-refractivity contribution in [3.8, 4) is 0 Å². The van der Waals surface area contributed by atoms with E-state index >= 15 is 0 Å². The van der Waals surface area contributed by atoms with Crippen LogP contribution in [0.25, 0.3) is 0 Å². The highest BCUT2D eigenvalue weighted by molar-refractivity contribution is 5.95. The zero-order valence-corrected chi connectivity index (χ0v) is 13.4. The third-order valence-electron chi connectivity index (χ3n) is 3.47. The van der Waals surface area contributed by atoms with E-state index in [-0.39, 0.29) is 5.78 Å². The Labute approximate surface area is 130 Å². The van der Waals surface area contributed by atoms with Crippen molar-refractivity contribution < 1.29 is 18.7 Å². The van der Waals surface area contributed by atoms with Crippen LogP contribution >= 0.6 is 0 Å². The van der Waals surface area contributed by atoms with Gasteiger partial charge >= 0.3 is 6.09 Å². The maximum Gasteiger partial charge on any atom is 0.407 e. The summed E-state index contributed by atoms with van der Waals surface area (Å²) in [6.45, 7) is 8.09. The van der Waals surface area contributed by atoms with E-state index in [9.17, 15) is 9.59 Å². The molecule has 1 unspecified atom stereocenters. The van der Waals surface area contributed by atoms with Gasteiger partial charge in [0.1, 0.15) is 5.60 Å². The van der Waals surface area contributed by atoms with Crippen molar-refractivity contribution in [2.75, 3.05) is 26.2 Å². The smallest absolute Gasteiger partial charge is 0.407 e. The van der Waals surface area contributed by atoms with E-state index in [2.05, 4.69) is 10.2 Å². The molecule has 0 radical (unpaired) electrons. The van der Waals surface area contributed by atoms with E-state index in [0.717, 1.165) is 19.5 Å². The third kappa shape index (κ3) is 5.18. The van der Waals surface area contributed by atoms with Crippen molar-refractivity contribution in [1.29, 1.82) is 0 Å². The predicted octanol–water partition coefficient (Wildman–Crippen LogP) is 2.31. The number of carbonyl (C=O) groups is 2. The number of amides is 1. The van der Waals surface area contributed by atoms with Gasteiger partial charge in [-0.05, 0) is 51.8 Å². The molecular weight excluding hydrogens is 284 g/mol. The van der Waals surface area contributed by atoms with Gasteiger partial charge in [0.15, 0.2) is 5.76 Å². The van der Waals surface area contributed by atoms with Crippen LogP contribution in [0.1, 0.15) is 37.7 Å². The minimum Gasteiger partial charge on any atom is -0.461 e. The number of nitrogens with zero attached hydrogens (tertiary/aromatic N) is 1. The summed E-state index contributed by atoms with van der Waals surface area (Å²) in [7, 11) is 0. The molecule has 1 N–H and O–H groups in total. The van der Waals surface area contributed by atoms with Crippen LogP contribution in [-0.4, -0.2) is 48.6 Å². The molecule has 6 heteroatoms. The summed E-state index contributed by atoms with van der Waals surface area (Å²) in [6.07, 6.45) is 2.07. The molecule has 0 aliphatic carbocycles. The number of hydrogen-bond donors (Lipinski definition) is 1. The fourth-order valence-corrected chi connectivity index (χ4v) is 2.48. The van der Waals surface area contributed by atoms with Crippen molar-refractivity contribution in [3.63, 3.8) is 0 Å². The molecular formula is C16H24N2O4. The van der Waals surface area contributed by atoms with E-state index < -0.39 is 11.7 Å². The van der Waals surface area contributed by atoms with E-state index in [1.807, 2.05) is 20.8 Å². The van der Waals surface area contributed by atoms with E-state index in [4.69, 9.17) is 9.15 Å². The summed E-state index contributed by atoms with van der Waals surface area (Å²) in [5, 5.41) is 2.79. The van der Waals surface area contributed by atoms with Crippen LogP contribution in [0.4, 0.5) is 4.79 Å². The Morgan fingerprint density at radius 2 is 2.23 bits per heavy atom. The summed E-state index contributed by atoms with van der Waals surface area (Å²) in [5.41, 5.74) is -0.485. The number of nitrogens with one attached hydrogen (secondary N) is 1. The lowest BCUT2D eigenvalue weighted by molar-refractivity contribution is 0.0519. The SMILES string of the molecule is CC(C)(C)OC(=O)NCC1CCN(CC(=O)c2ccco2)C1. The third-order valence-corrected chi connectivity index (χ3v) is 3.47. The number of carbonyl (C=O) groups excluding carboxylic acids is 2. The van der Waals surface area contributed by atoms with Crippen LogP contribution in [-0.2, 0) is 4.74 Å². The zero-order chi connectivity index (χ0) is 16.2. The predicted molar refractivity (Wildman–Crippen MR) is 81.8 cm³/mol. The highest BCUT2D eigenvalue weighted by atomic mass is 16.6. The number of ether oxygens (including phenoxy) is 1. The molecule has 0 aromatic carbocycles. The van der Waals surface area contributed by atoms with Crippen molar-refractivity contribution in [3.05, 3.63) is 24.2 Å². The molecule has 1 aromatic heterocycles. The highest BCUT2D eigenvalue weighted by Crippen LogP contribution is 2.16. The summed E-state index contributed by atoms with van der Waals surface area (Å²) < 4.78 is 10.3. The molecule has 1 atom stereocenters. The first-order valence-corrected chi connectivity index (χ1v) is 7.59. The van der Waals surface area contributed by atoms with Gasteiger partial charge in [0.2, 0.25) is 5.78 Å². The lowest BCUT2D eigenvalue weighted by Gasteiger charge is -2.20. The Morgan fingerprint density at radius 1 is 1.45 bits per heavy atom. The summed E-state index contributed by atoms with van der Waals surface area (Å²) in [6, 6.07) is 3.39. The van der Waals surface area contributed by atoms with Gasteiger partial charge in [0, 0.05) is 13.1 Å². The van der Waals surface area contributed by atoms with Gasteiger partial charge in [-0.25, -0.2) is 4.79 Å². The van der Waals surface area contributed by atoms with Gasteiger partial charge in [-0.1, -0.05) is 0 Å². The van der Waals surface area contributed by atoms with E-state index in [0.29, 0.717) is 24.8 Å². The monoisotopic (exact) mass is 308 g/mol. The molecule has 0 bridgehead atoms. The summed E-state index contributed by atoms with van der Waals surface area (Å²) in [5.74, 6) is 0.734. The molecule has 1 aliphatic rings. The number of likely N-dealkylation sites (tertiary alicyclic amines) is 1. The molecule has 0 spiro atoms. The van der Waals surface area contributed by atoms with Crippen LogP contribution in [0, 0.1) is 5.92 Å². The Bertz CT molecular complexity index is 505. The molecule has 2 heterocycles. The molecule has 2 rings (SSSR count). The first-order chi connectivity index (χ1) is 10.3. The van der Waals surface area contributed by atoms with Crippen molar-refractivity contribution >= 4 is 11.9 Å². The van der Waals surface area contributed by atoms with E-state index in [1.165, 1.54) is 6.26 Å². The first kappa shape index (κ1) is 16.5. The van der Waals surface area contributed by atoms with Gasteiger partial charge in [0.05, 0.1) is 12.8 Å². The number of ketones is 1. The van der Waals surface area contributed by atoms with Crippen LogP contribution in [0.15, 0.2) is 22.8 Å². The van der Waals surface area contributed by atoms with Crippen LogP contribution in [0.5, 0.6) is 0 Å². The van der Waals surface area contributed by atoms with Gasteiger partial charge in [0.25, 0.3) is 0 Å². The molecule has 122 valence electrons. The number of hydrogen-bond acceptors (Lipinski definition) is 5. The average Bonchev–Trinajstić information content (AvgIpc) is 3.05. The first-order valence-electron chi connectivity index (χ1n) is 7.59. The fourth-order valence-electron chi connectivity index (χ4n) is 2.48. The van der Waals surface area contributed by atoms with Crippen LogP contribution in [0.2, 0.25) is 0 Å². The number of rotatable bonds is 5. The molecule has 1 saturated heterocycles. The zero-order valence-electron chi connectivity index (χ0n) is 13.4. The Kier molecular flexibility index (Phi) is 5.24. The second kappa shape index (κ2) is 6.96. The van der Waals surface area contributed by atoms with Crippen LogP contribution in [0.3, 0.4) is 0 Å². The van der Waals surface area contributed by atoms with Gasteiger partial charge in [-0.15, -0.1) is 0 Å². The Balaban J connectivity index is 1.69. The van der Waals surface area contributed by atoms with Crippen molar-refractivity contribution in [1.82, 2.24) is 10.2 Å². The molecule has 1 aromatic rings. The maximum absolute atomic E-state index is 12.0. The minimum absolute atomic E-state index is 0.00856. The molecule has 1 aliphatic heterocycles. The van der Waals surface area contributed by atoms with Gasteiger partial charge in [-0.3, -0.25) is 9.69 Å². The second-order valence-electron chi connectivity index (χ2n) is 6.67. The van der Waals surface area contributed by atoms with Crippen LogP contribution < -0.4 is 5.32 Å². The fraction of sp³-hybridized carbons (Fsp3) is 0.625. The molecule has 1 amide bonds. The summed E-state index contributed by atoms with van der Waals surface area (Å²) in [4.78, 5) is 25.7. The van der Waals surface area contributed by atoms with Crippen molar-refractivity contribution in [2.24, 2.45) is 5.92 Å². The number of furan rings is 1. The Hall–Kier alpha value is -1.82. The highest BCUT2D eigenvalue weighted by Gasteiger charge is 2.26. The lowest BCUT2D eigenvalue weighted by Crippen LogP contribution is -2.36. The second-order valence-corrected chi connectivity index (χ2v) is 6.67. The minimum atomic E-state index is -0.485. The molecule has 22 heavy (non-hydrogen) atoms. The Morgan fingerprint density at radius 3 is 2.86 bits per heavy atom. The van der Waals surface area contributed by atoms with E-state index in [1.54, 1.807) is 12.1 Å². The average molecular weight is 308 g/mol. The largest absolute Gasteiger partial charge is 0.461 e. The topological polar surface area (TPSA) is 71.8 Å². The molecule has 6 nitrogen and oxygen atoms in total. The van der Waals surface area contributed by atoms with Gasteiger partial charge in [-0.2, -0.15) is 0 Å².